The number of amides is 1. The van der Waals surface area contributed by atoms with Crippen molar-refractivity contribution >= 4 is 17.5 Å². The Morgan fingerprint density at radius 2 is 1.89 bits per heavy atom. The lowest BCUT2D eigenvalue weighted by atomic mass is 9.88. The van der Waals surface area contributed by atoms with E-state index < -0.39 is 48.5 Å². The number of benzene rings is 1. The zero-order valence-electron chi connectivity index (χ0n) is 19.3. The Kier molecular flexibility index (Phi) is 6.96. The number of carbonyl (C=O) groups excluding carboxylic acids is 1. The SMILES string of the molecule is CC1CC(F)(F)CN(C(=O)c2nn(C)cc2-c2ccc(Cl)cc2)C1COc1ccc(C(F)(F)F)cn1. The molecular weight excluding hydrogens is 507 g/mol. The molecule has 0 bridgehead atoms. The number of likely N-dealkylation sites (tertiary alicyclic amines) is 1. The summed E-state index contributed by atoms with van der Waals surface area (Å²) < 4.78 is 74.4. The number of hydrogen-bond acceptors (Lipinski definition) is 4. The Bertz CT molecular complexity index is 1230. The van der Waals surface area contributed by atoms with Gasteiger partial charge >= 0.3 is 6.18 Å². The van der Waals surface area contributed by atoms with Crippen molar-refractivity contribution in [3.8, 4) is 17.0 Å². The molecule has 3 aromatic rings. The number of hydrogen-bond donors (Lipinski definition) is 0. The third kappa shape index (κ3) is 5.61. The highest BCUT2D eigenvalue weighted by atomic mass is 35.5. The zero-order valence-corrected chi connectivity index (χ0v) is 20.0. The second kappa shape index (κ2) is 9.68. The Balaban J connectivity index is 1.60. The number of alkyl halides is 5. The molecule has 1 aliphatic rings. The van der Waals surface area contributed by atoms with Crippen LogP contribution in [0, 0.1) is 5.92 Å². The van der Waals surface area contributed by atoms with Crippen LogP contribution in [0.25, 0.3) is 11.1 Å². The summed E-state index contributed by atoms with van der Waals surface area (Å²) in [7, 11) is 1.61. The molecule has 0 N–H and O–H groups in total. The molecule has 2 aromatic heterocycles. The number of ether oxygens (including phenoxy) is 1. The van der Waals surface area contributed by atoms with E-state index in [9.17, 15) is 26.7 Å². The van der Waals surface area contributed by atoms with Crippen LogP contribution < -0.4 is 4.74 Å². The number of carbonyl (C=O) groups is 1. The van der Waals surface area contributed by atoms with E-state index >= 15 is 0 Å². The summed E-state index contributed by atoms with van der Waals surface area (Å²) in [5.74, 6) is -4.62. The van der Waals surface area contributed by atoms with Gasteiger partial charge in [-0.15, -0.1) is 0 Å². The van der Waals surface area contributed by atoms with Gasteiger partial charge in [-0.2, -0.15) is 18.3 Å². The van der Waals surface area contributed by atoms with Crippen molar-refractivity contribution in [3.63, 3.8) is 0 Å². The van der Waals surface area contributed by atoms with Gasteiger partial charge in [-0.05, 0) is 29.7 Å². The van der Waals surface area contributed by atoms with Crippen LogP contribution in [0.15, 0.2) is 48.8 Å². The van der Waals surface area contributed by atoms with Crippen LogP contribution in [-0.2, 0) is 13.2 Å². The fourth-order valence-electron chi connectivity index (χ4n) is 4.25. The minimum absolute atomic E-state index is 0.0117. The maximum Gasteiger partial charge on any atom is 0.417 e. The molecule has 1 saturated heterocycles. The Hall–Kier alpha value is -3.21. The van der Waals surface area contributed by atoms with E-state index in [0.29, 0.717) is 22.3 Å². The third-order valence-corrected chi connectivity index (χ3v) is 6.24. The molecule has 1 aliphatic heterocycles. The minimum Gasteiger partial charge on any atom is -0.475 e. The van der Waals surface area contributed by atoms with Crippen molar-refractivity contribution in [1.82, 2.24) is 19.7 Å². The second-order valence-corrected chi connectivity index (χ2v) is 9.24. The van der Waals surface area contributed by atoms with Gasteiger partial charge in [0.2, 0.25) is 5.88 Å². The Morgan fingerprint density at radius 3 is 2.50 bits per heavy atom. The van der Waals surface area contributed by atoms with Gasteiger partial charge in [-0.1, -0.05) is 30.7 Å². The van der Waals surface area contributed by atoms with E-state index in [-0.39, 0.29) is 18.2 Å². The summed E-state index contributed by atoms with van der Waals surface area (Å²) in [6, 6.07) is 7.75. The second-order valence-electron chi connectivity index (χ2n) is 8.80. The van der Waals surface area contributed by atoms with Gasteiger partial charge in [0.1, 0.15) is 6.61 Å². The Morgan fingerprint density at radius 1 is 1.19 bits per heavy atom. The summed E-state index contributed by atoms with van der Waals surface area (Å²) >= 11 is 5.96. The van der Waals surface area contributed by atoms with Gasteiger partial charge in [-0.3, -0.25) is 9.48 Å². The number of rotatable bonds is 5. The number of halogens is 6. The van der Waals surface area contributed by atoms with E-state index in [1.807, 2.05) is 0 Å². The van der Waals surface area contributed by atoms with Crippen LogP contribution in [0.4, 0.5) is 22.0 Å². The number of nitrogens with zero attached hydrogens (tertiary/aromatic N) is 4. The average molecular weight is 529 g/mol. The quantitative estimate of drug-likeness (QED) is 0.398. The molecule has 2 atom stereocenters. The van der Waals surface area contributed by atoms with Gasteiger partial charge in [0, 0.05) is 42.5 Å². The van der Waals surface area contributed by atoms with Crippen LogP contribution in [0.3, 0.4) is 0 Å². The maximum absolute atomic E-state index is 14.6. The normalized spacial score (nSPS) is 19.8. The first kappa shape index (κ1) is 25.9. The summed E-state index contributed by atoms with van der Waals surface area (Å²) in [6.07, 6.45) is -2.79. The predicted molar refractivity (Wildman–Crippen MR) is 122 cm³/mol. The van der Waals surface area contributed by atoms with Crippen LogP contribution in [0.2, 0.25) is 5.02 Å². The highest BCUT2D eigenvalue weighted by molar-refractivity contribution is 6.30. The first-order valence-corrected chi connectivity index (χ1v) is 11.4. The van der Waals surface area contributed by atoms with Gasteiger partial charge in [0.25, 0.3) is 11.8 Å². The topological polar surface area (TPSA) is 60.2 Å². The monoisotopic (exact) mass is 528 g/mol. The number of aromatic nitrogens is 3. The zero-order chi connectivity index (χ0) is 26.3. The standard InChI is InChI=1S/C24H22ClF5N4O2/c1-14-9-23(26,27)13-34(19(14)12-36-20-8-5-16(10-31-20)24(28,29)30)22(35)21-18(11-33(2)32-21)15-3-6-17(25)7-4-15/h3-8,10-11,14,19H,9,12-13H2,1-2H3. The van der Waals surface area contributed by atoms with Crippen molar-refractivity contribution in [1.29, 1.82) is 0 Å². The fraction of sp³-hybridized carbons (Fsp3) is 0.375. The summed E-state index contributed by atoms with van der Waals surface area (Å²) in [4.78, 5) is 18.3. The molecular formula is C24H22ClF5N4O2. The molecule has 0 saturated carbocycles. The summed E-state index contributed by atoms with van der Waals surface area (Å²) in [6.45, 7) is 0.492. The average Bonchev–Trinajstić information content (AvgIpc) is 3.19. The molecule has 1 fully saturated rings. The largest absolute Gasteiger partial charge is 0.475 e. The maximum atomic E-state index is 14.6. The number of aryl methyl sites for hydroxylation is 1. The van der Waals surface area contributed by atoms with Gasteiger partial charge in [0.05, 0.1) is 18.2 Å². The van der Waals surface area contributed by atoms with Crippen LogP contribution in [0.1, 0.15) is 29.4 Å². The lowest BCUT2D eigenvalue weighted by Crippen LogP contribution is -2.57. The molecule has 4 rings (SSSR count). The van der Waals surface area contributed by atoms with Gasteiger partial charge in [-0.25, -0.2) is 13.8 Å². The predicted octanol–water partition coefficient (Wildman–Crippen LogP) is 5.72. The highest BCUT2D eigenvalue weighted by Crippen LogP contribution is 2.36. The van der Waals surface area contributed by atoms with Crippen molar-refractivity contribution in [3.05, 3.63) is 65.1 Å². The van der Waals surface area contributed by atoms with Crippen LogP contribution in [-0.4, -0.2) is 50.7 Å². The summed E-state index contributed by atoms with van der Waals surface area (Å²) in [5.41, 5.74) is 0.129. The van der Waals surface area contributed by atoms with Crippen molar-refractivity contribution in [2.45, 2.75) is 31.5 Å². The first-order chi connectivity index (χ1) is 16.8. The fourth-order valence-corrected chi connectivity index (χ4v) is 4.38. The van der Waals surface area contributed by atoms with E-state index in [1.54, 1.807) is 44.4 Å². The van der Waals surface area contributed by atoms with Gasteiger partial charge in [0.15, 0.2) is 5.69 Å². The molecule has 6 nitrogen and oxygen atoms in total. The van der Waals surface area contributed by atoms with E-state index in [0.717, 1.165) is 17.0 Å². The highest BCUT2D eigenvalue weighted by Gasteiger charge is 2.47. The minimum atomic E-state index is -4.55. The van der Waals surface area contributed by atoms with E-state index in [1.165, 1.54) is 4.68 Å². The van der Waals surface area contributed by atoms with Crippen molar-refractivity contribution in [2.75, 3.05) is 13.2 Å². The molecule has 2 unspecified atom stereocenters. The third-order valence-electron chi connectivity index (χ3n) is 5.99. The Labute approximate surface area is 208 Å². The van der Waals surface area contributed by atoms with Crippen molar-refractivity contribution in [2.24, 2.45) is 13.0 Å². The number of piperidine rings is 1. The molecule has 3 heterocycles. The van der Waals surface area contributed by atoms with Gasteiger partial charge < -0.3 is 9.64 Å². The first-order valence-electron chi connectivity index (χ1n) is 11.0. The van der Waals surface area contributed by atoms with E-state index in [2.05, 4.69) is 10.1 Å². The lowest BCUT2D eigenvalue weighted by molar-refractivity contribution is -0.137. The van der Waals surface area contributed by atoms with Crippen LogP contribution >= 0.6 is 11.6 Å². The smallest absolute Gasteiger partial charge is 0.417 e. The molecule has 36 heavy (non-hydrogen) atoms. The van der Waals surface area contributed by atoms with E-state index in [4.69, 9.17) is 16.3 Å². The molecule has 12 heteroatoms. The molecule has 0 spiro atoms. The molecule has 192 valence electrons. The molecule has 1 aromatic carbocycles. The summed E-state index contributed by atoms with van der Waals surface area (Å²) in [5, 5.41) is 4.73. The van der Waals surface area contributed by atoms with Crippen molar-refractivity contribution < 1.29 is 31.5 Å². The number of pyridine rings is 1. The lowest BCUT2D eigenvalue weighted by Gasteiger charge is -2.42. The molecule has 0 radical (unpaired) electrons. The molecule has 0 aliphatic carbocycles. The molecule has 1 amide bonds. The van der Waals surface area contributed by atoms with Crippen LogP contribution in [0.5, 0.6) is 5.88 Å².